The van der Waals surface area contributed by atoms with Gasteiger partial charge in [-0.05, 0) is 26.0 Å². The second-order valence-electron chi connectivity index (χ2n) is 5.65. The Labute approximate surface area is 123 Å². The zero-order chi connectivity index (χ0) is 14.4. The summed E-state index contributed by atoms with van der Waals surface area (Å²) in [7, 11) is 0. The van der Waals surface area contributed by atoms with Crippen LogP contribution in [-0.2, 0) is 6.54 Å². The molecule has 112 valence electrons. The summed E-state index contributed by atoms with van der Waals surface area (Å²) in [6.45, 7) is 13.4. The molecule has 1 aliphatic rings. The standard InChI is InChI=1S/C16H28N4/c1-4-8-17-16-15(7-6-9-18-16)13-19-10-11-20(5-2)14(3)12-19/h6-7,9,14H,4-5,8,10-13H2,1-3H3,(H,17,18). The van der Waals surface area contributed by atoms with E-state index in [-0.39, 0.29) is 0 Å². The van der Waals surface area contributed by atoms with E-state index in [0.29, 0.717) is 6.04 Å². The van der Waals surface area contributed by atoms with Crippen molar-refractivity contribution in [2.45, 2.75) is 39.8 Å². The Hall–Kier alpha value is -1.13. The highest BCUT2D eigenvalue weighted by Gasteiger charge is 2.22. The lowest BCUT2D eigenvalue weighted by atomic mass is 10.1. The number of aromatic nitrogens is 1. The quantitative estimate of drug-likeness (QED) is 0.864. The fourth-order valence-corrected chi connectivity index (χ4v) is 2.89. The molecule has 2 heterocycles. The summed E-state index contributed by atoms with van der Waals surface area (Å²) in [6, 6.07) is 4.89. The summed E-state index contributed by atoms with van der Waals surface area (Å²) in [5.41, 5.74) is 1.32. The van der Waals surface area contributed by atoms with E-state index in [4.69, 9.17) is 0 Å². The largest absolute Gasteiger partial charge is 0.370 e. The topological polar surface area (TPSA) is 31.4 Å². The van der Waals surface area contributed by atoms with Crippen LogP contribution in [0.5, 0.6) is 0 Å². The summed E-state index contributed by atoms with van der Waals surface area (Å²) < 4.78 is 0. The number of likely N-dealkylation sites (N-methyl/N-ethyl adjacent to an activating group) is 1. The number of rotatable bonds is 6. The summed E-state index contributed by atoms with van der Waals surface area (Å²) >= 11 is 0. The Balaban J connectivity index is 1.96. The van der Waals surface area contributed by atoms with E-state index in [2.05, 4.69) is 46.9 Å². The average Bonchev–Trinajstić information content (AvgIpc) is 2.46. The van der Waals surface area contributed by atoms with Gasteiger partial charge in [-0.25, -0.2) is 4.98 Å². The third-order valence-electron chi connectivity index (χ3n) is 4.08. The fourth-order valence-electron chi connectivity index (χ4n) is 2.89. The van der Waals surface area contributed by atoms with Gasteiger partial charge in [-0.2, -0.15) is 0 Å². The lowest BCUT2D eigenvalue weighted by Gasteiger charge is -2.39. The van der Waals surface area contributed by atoms with Crippen molar-refractivity contribution in [1.82, 2.24) is 14.8 Å². The van der Waals surface area contributed by atoms with Crippen molar-refractivity contribution in [3.05, 3.63) is 23.9 Å². The molecule has 4 heteroatoms. The van der Waals surface area contributed by atoms with Crippen molar-refractivity contribution >= 4 is 5.82 Å². The molecule has 0 saturated carbocycles. The maximum absolute atomic E-state index is 4.48. The fraction of sp³-hybridized carbons (Fsp3) is 0.688. The van der Waals surface area contributed by atoms with E-state index in [1.807, 2.05) is 12.3 Å². The SMILES string of the molecule is CCCNc1ncccc1CN1CCN(CC)C(C)C1. The van der Waals surface area contributed by atoms with Crippen LogP contribution < -0.4 is 5.32 Å². The summed E-state index contributed by atoms with van der Waals surface area (Å²) in [5, 5.41) is 3.44. The molecule has 1 aromatic heterocycles. The minimum absolute atomic E-state index is 0.650. The van der Waals surface area contributed by atoms with Crippen molar-refractivity contribution in [2.24, 2.45) is 0 Å². The molecule has 0 spiro atoms. The molecule has 2 rings (SSSR count). The second-order valence-corrected chi connectivity index (χ2v) is 5.65. The van der Waals surface area contributed by atoms with Gasteiger partial charge in [0.15, 0.2) is 0 Å². The minimum Gasteiger partial charge on any atom is -0.370 e. The van der Waals surface area contributed by atoms with Gasteiger partial charge in [0.25, 0.3) is 0 Å². The van der Waals surface area contributed by atoms with Crippen LogP contribution in [0.2, 0.25) is 0 Å². The molecular formula is C16H28N4. The lowest BCUT2D eigenvalue weighted by Crippen LogP contribution is -2.51. The molecule has 0 aromatic carbocycles. The van der Waals surface area contributed by atoms with Gasteiger partial charge < -0.3 is 5.32 Å². The van der Waals surface area contributed by atoms with Gasteiger partial charge in [-0.15, -0.1) is 0 Å². The summed E-state index contributed by atoms with van der Waals surface area (Å²) in [5.74, 6) is 1.06. The monoisotopic (exact) mass is 276 g/mol. The first-order chi connectivity index (χ1) is 9.74. The molecule has 1 aromatic rings. The van der Waals surface area contributed by atoms with Crippen LogP contribution >= 0.6 is 0 Å². The Morgan fingerprint density at radius 1 is 1.35 bits per heavy atom. The van der Waals surface area contributed by atoms with Crippen molar-refractivity contribution in [3.63, 3.8) is 0 Å². The van der Waals surface area contributed by atoms with Crippen LogP contribution in [0.4, 0.5) is 5.82 Å². The minimum atomic E-state index is 0.650. The Morgan fingerprint density at radius 2 is 2.20 bits per heavy atom. The Kier molecular flexibility index (Phi) is 5.80. The third kappa shape index (κ3) is 3.93. The molecule has 1 aliphatic heterocycles. The highest BCUT2D eigenvalue weighted by atomic mass is 15.3. The van der Waals surface area contributed by atoms with E-state index in [1.54, 1.807) is 0 Å². The average molecular weight is 276 g/mol. The molecule has 1 saturated heterocycles. The molecule has 0 radical (unpaired) electrons. The van der Waals surface area contributed by atoms with E-state index in [9.17, 15) is 0 Å². The van der Waals surface area contributed by atoms with Gasteiger partial charge in [-0.1, -0.05) is 19.9 Å². The molecule has 0 bridgehead atoms. The normalized spacial score (nSPS) is 21.1. The first-order valence-electron chi connectivity index (χ1n) is 7.88. The number of anilines is 1. The second kappa shape index (κ2) is 7.60. The number of hydrogen-bond donors (Lipinski definition) is 1. The van der Waals surface area contributed by atoms with Gasteiger partial charge in [0.2, 0.25) is 0 Å². The van der Waals surface area contributed by atoms with Gasteiger partial charge >= 0.3 is 0 Å². The molecule has 20 heavy (non-hydrogen) atoms. The van der Waals surface area contributed by atoms with Crippen LogP contribution in [0, 0.1) is 0 Å². The molecule has 1 unspecified atom stereocenters. The highest BCUT2D eigenvalue weighted by molar-refractivity contribution is 5.43. The Bertz CT molecular complexity index is 407. The number of piperazine rings is 1. The summed E-state index contributed by atoms with van der Waals surface area (Å²) in [4.78, 5) is 9.58. The third-order valence-corrected chi connectivity index (χ3v) is 4.08. The first kappa shape index (κ1) is 15.3. The van der Waals surface area contributed by atoms with Crippen LogP contribution in [0.25, 0.3) is 0 Å². The zero-order valence-electron chi connectivity index (χ0n) is 13.1. The number of nitrogens with zero attached hydrogens (tertiary/aromatic N) is 3. The van der Waals surface area contributed by atoms with E-state index in [0.717, 1.165) is 45.0 Å². The van der Waals surface area contributed by atoms with Crippen LogP contribution in [-0.4, -0.2) is 53.5 Å². The summed E-state index contributed by atoms with van der Waals surface area (Å²) in [6.07, 6.45) is 3.00. The molecule has 4 nitrogen and oxygen atoms in total. The van der Waals surface area contributed by atoms with Gasteiger partial charge in [-0.3, -0.25) is 9.80 Å². The van der Waals surface area contributed by atoms with E-state index in [1.165, 1.54) is 12.1 Å². The van der Waals surface area contributed by atoms with Crippen LogP contribution in [0.3, 0.4) is 0 Å². The predicted molar refractivity (Wildman–Crippen MR) is 85.0 cm³/mol. The molecule has 1 atom stereocenters. The number of hydrogen-bond acceptors (Lipinski definition) is 4. The smallest absolute Gasteiger partial charge is 0.130 e. The number of pyridine rings is 1. The van der Waals surface area contributed by atoms with Gasteiger partial charge in [0, 0.05) is 50.5 Å². The number of nitrogens with one attached hydrogen (secondary N) is 1. The van der Waals surface area contributed by atoms with E-state index >= 15 is 0 Å². The van der Waals surface area contributed by atoms with Crippen molar-refractivity contribution in [2.75, 3.05) is 38.0 Å². The molecular weight excluding hydrogens is 248 g/mol. The van der Waals surface area contributed by atoms with Crippen molar-refractivity contribution < 1.29 is 0 Å². The zero-order valence-corrected chi connectivity index (χ0v) is 13.1. The predicted octanol–water partition coefficient (Wildman–Crippen LogP) is 2.43. The maximum Gasteiger partial charge on any atom is 0.130 e. The molecule has 1 fully saturated rings. The molecule has 1 N–H and O–H groups in total. The van der Waals surface area contributed by atoms with Crippen LogP contribution in [0.15, 0.2) is 18.3 Å². The first-order valence-corrected chi connectivity index (χ1v) is 7.88. The Morgan fingerprint density at radius 3 is 2.90 bits per heavy atom. The van der Waals surface area contributed by atoms with Crippen molar-refractivity contribution in [1.29, 1.82) is 0 Å². The highest BCUT2D eigenvalue weighted by Crippen LogP contribution is 2.17. The molecule has 0 aliphatic carbocycles. The lowest BCUT2D eigenvalue weighted by molar-refractivity contribution is 0.0835. The van der Waals surface area contributed by atoms with E-state index < -0.39 is 0 Å². The molecule has 0 amide bonds. The maximum atomic E-state index is 4.48. The van der Waals surface area contributed by atoms with Gasteiger partial charge in [0.1, 0.15) is 5.82 Å². The van der Waals surface area contributed by atoms with Crippen LogP contribution in [0.1, 0.15) is 32.8 Å². The van der Waals surface area contributed by atoms with Crippen molar-refractivity contribution in [3.8, 4) is 0 Å². The van der Waals surface area contributed by atoms with Gasteiger partial charge in [0.05, 0.1) is 0 Å².